The van der Waals surface area contributed by atoms with Crippen molar-refractivity contribution < 1.29 is 9.13 Å². The Hall–Kier alpha value is -1.35. The Morgan fingerprint density at radius 2 is 2.23 bits per heavy atom. The van der Waals surface area contributed by atoms with Crippen LogP contribution >= 0.6 is 0 Å². The molecule has 0 spiro atoms. The zero-order chi connectivity index (χ0) is 9.84. The second-order valence-electron chi connectivity index (χ2n) is 2.69. The molecular weight excluding hydrogens is 169 g/mol. The van der Waals surface area contributed by atoms with E-state index in [1.165, 1.54) is 19.2 Å². The Morgan fingerprint density at radius 1 is 1.54 bits per heavy atom. The Labute approximate surface area is 76.8 Å². The molecule has 70 valence electrons. The molecule has 0 heterocycles. The first kappa shape index (κ1) is 9.74. The number of ether oxygens (including phenoxy) is 1. The maximum atomic E-state index is 12.9. The van der Waals surface area contributed by atoms with Gasteiger partial charge in [-0.1, -0.05) is 6.08 Å². The van der Waals surface area contributed by atoms with Crippen molar-refractivity contribution in [2.24, 2.45) is 5.73 Å². The first-order chi connectivity index (χ1) is 6.17. The Balaban J connectivity index is 3.07. The minimum atomic E-state index is -0.357. The van der Waals surface area contributed by atoms with Crippen molar-refractivity contribution in [1.29, 1.82) is 0 Å². The van der Waals surface area contributed by atoms with Gasteiger partial charge in [0, 0.05) is 12.1 Å². The SMILES string of the molecule is C=C[C@@H](N)c1cc(F)cc(OC)c1. The molecule has 3 heteroatoms. The fourth-order valence-corrected chi connectivity index (χ4v) is 1.03. The first-order valence-corrected chi connectivity index (χ1v) is 3.90. The van der Waals surface area contributed by atoms with E-state index in [0.717, 1.165) is 0 Å². The molecule has 0 unspecified atom stereocenters. The lowest BCUT2D eigenvalue weighted by atomic mass is 10.1. The van der Waals surface area contributed by atoms with Crippen LogP contribution in [0.25, 0.3) is 0 Å². The quantitative estimate of drug-likeness (QED) is 0.724. The molecule has 0 aliphatic heterocycles. The van der Waals surface area contributed by atoms with Crippen LogP contribution in [-0.4, -0.2) is 7.11 Å². The molecule has 2 nitrogen and oxygen atoms in total. The van der Waals surface area contributed by atoms with Gasteiger partial charge in [0.15, 0.2) is 0 Å². The summed E-state index contributed by atoms with van der Waals surface area (Å²) in [5, 5.41) is 0. The largest absolute Gasteiger partial charge is 0.497 e. The molecule has 0 bridgehead atoms. The van der Waals surface area contributed by atoms with Crippen LogP contribution in [0.1, 0.15) is 11.6 Å². The average Bonchev–Trinajstić information content (AvgIpc) is 2.15. The van der Waals surface area contributed by atoms with Crippen LogP contribution in [0.3, 0.4) is 0 Å². The van der Waals surface area contributed by atoms with Gasteiger partial charge in [-0.25, -0.2) is 4.39 Å². The van der Waals surface area contributed by atoms with E-state index in [2.05, 4.69) is 6.58 Å². The standard InChI is InChI=1S/C10H12FNO/c1-3-10(12)7-4-8(11)6-9(5-7)13-2/h3-6,10H,1,12H2,2H3/t10-/m1/s1. The summed E-state index contributed by atoms with van der Waals surface area (Å²) in [4.78, 5) is 0. The molecule has 0 saturated heterocycles. The van der Waals surface area contributed by atoms with E-state index in [0.29, 0.717) is 11.3 Å². The van der Waals surface area contributed by atoms with Crippen LogP contribution in [0, 0.1) is 5.82 Å². The molecule has 2 N–H and O–H groups in total. The fraction of sp³-hybridized carbons (Fsp3) is 0.200. The van der Waals surface area contributed by atoms with Gasteiger partial charge in [0.2, 0.25) is 0 Å². The summed E-state index contributed by atoms with van der Waals surface area (Å²) >= 11 is 0. The molecule has 1 rings (SSSR count). The Kier molecular flexibility index (Phi) is 3.03. The average molecular weight is 181 g/mol. The molecule has 0 aliphatic rings. The Morgan fingerprint density at radius 3 is 2.77 bits per heavy atom. The molecule has 0 amide bonds. The smallest absolute Gasteiger partial charge is 0.127 e. The van der Waals surface area contributed by atoms with E-state index in [-0.39, 0.29) is 11.9 Å². The normalized spacial score (nSPS) is 12.2. The molecule has 0 aliphatic carbocycles. The highest BCUT2D eigenvalue weighted by molar-refractivity contribution is 5.32. The van der Waals surface area contributed by atoms with Gasteiger partial charge >= 0.3 is 0 Å². The second kappa shape index (κ2) is 4.05. The van der Waals surface area contributed by atoms with Crippen molar-refractivity contribution in [3.63, 3.8) is 0 Å². The van der Waals surface area contributed by atoms with Crippen LogP contribution in [-0.2, 0) is 0 Å². The third-order valence-corrected chi connectivity index (χ3v) is 1.77. The summed E-state index contributed by atoms with van der Waals surface area (Å²) in [6.45, 7) is 3.53. The lowest BCUT2D eigenvalue weighted by Gasteiger charge is -2.08. The Bertz CT molecular complexity index is 312. The minimum Gasteiger partial charge on any atom is -0.497 e. The van der Waals surface area contributed by atoms with Crippen molar-refractivity contribution in [2.45, 2.75) is 6.04 Å². The van der Waals surface area contributed by atoms with Gasteiger partial charge in [-0.05, 0) is 17.7 Å². The van der Waals surface area contributed by atoms with Gasteiger partial charge in [0.25, 0.3) is 0 Å². The zero-order valence-electron chi connectivity index (χ0n) is 7.46. The van der Waals surface area contributed by atoms with Crippen molar-refractivity contribution in [3.8, 4) is 5.75 Å². The number of methoxy groups -OCH3 is 1. The predicted molar refractivity (Wildman–Crippen MR) is 50.1 cm³/mol. The first-order valence-electron chi connectivity index (χ1n) is 3.90. The van der Waals surface area contributed by atoms with Gasteiger partial charge in [0.05, 0.1) is 7.11 Å². The molecule has 0 fully saturated rings. The number of nitrogens with two attached hydrogens (primary N) is 1. The molecule has 1 aromatic carbocycles. The van der Waals surface area contributed by atoms with Crippen molar-refractivity contribution >= 4 is 0 Å². The van der Waals surface area contributed by atoms with Crippen molar-refractivity contribution in [1.82, 2.24) is 0 Å². The van der Waals surface area contributed by atoms with E-state index < -0.39 is 0 Å². The summed E-state index contributed by atoms with van der Waals surface area (Å²) in [7, 11) is 1.48. The van der Waals surface area contributed by atoms with Crippen LogP contribution in [0.4, 0.5) is 4.39 Å². The maximum Gasteiger partial charge on any atom is 0.127 e. The van der Waals surface area contributed by atoms with Gasteiger partial charge in [-0.3, -0.25) is 0 Å². The van der Waals surface area contributed by atoms with Crippen molar-refractivity contribution in [3.05, 3.63) is 42.2 Å². The number of halogens is 1. The van der Waals surface area contributed by atoms with E-state index in [4.69, 9.17) is 10.5 Å². The summed E-state index contributed by atoms with van der Waals surface area (Å²) < 4.78 is 17.8. The molecule has 1 aromatic rings. The minimum absolute atomic E-state index is 0.355. The van der Waals surface area contributed by atoms with Crippen LogP contribution in [0.5, 0.6) is 5.75 Å². The molecular formula is C10H12FNO. The highest BCUT2D eigenvalue weighted by Gasteiger charge is 2.05. The van der Waals surface area contributed by atoms with Gasteiger partial charge in [-0.15, -0.1) is 6.58 Å². The number of hydrogen-bond donors (Lipinski definition) is 1. The van der Waals surface area contributed by atoms with Crippen LogP contribution in [0.2, 0.25) is 0 Å². The predicted octanol–water partition coefficient (Wildman–Crippen LogP) is 2.02. The molecule has 0 saturated carbocycles. The second-order valence-corrected chi connectivity index (χ2v) is 2.69. The van der Waals surface area contributed by atoms with E-state index >= 15 is 0 Å². The van der Waals surface area contributed by atoms with Gasteiger partial charge < -0.3 is 10.5 Å². The summed E-state index contributed by atoms with van der Waals surface area (Å²) in [6.07, 6.45) is 1.55. The number of benzene rings is 1. The van der Waals surface area contributed by atoms with E-state index in [1.54, 1.807) is 12.1 Å². The molecule has 0 aromatic heterocycles. The highest BCUT2D eigenvalue weighted by Crippen LogP contribution is 2.20. The summed E-state index contributed by atoms with van der Waals surface area (Å²) in [6, 6.07) is 4.01. The van der Waals surface area contributed by atoms with Crippen LogP contribution < -0.4 is 10.5 Å². The summed E-state index contributed by atoms with van der Waals surface area (Å²) in [5.74, 6) is 0.110. The molecule has 0 radical (unpaired) electrons. The number of rotatable bonds is 3. The summed E-state index contributed by atoms with van der Waals surface area (Å²) in [5.41, 5.74) is 6.31. The fourth-order valence-electron chi connectivity index (χ4n) is 1.03. The molecule has 1 atom stereocenters. The lowest BCUT2D eigenvalue weighted by Crippen LogP contribution is -2.06. The highest BCUT2D eigenvalue weighted by atomic mass is 19.1. The van der Waals surface area contributed by atoms with E-state index in [1.807, 2.05) is 0 Å². The van der Waals surface area contributed by atoms with Gasteiger partial charge in [0.1, 0.15) is 11.6 Å². The third-order valence-electron chi connectivity index (χ3n) is 1.77. The third kappa shape index (κ3) is 2.29. The topological polar surface area (TPSA) is 35.2 Å². The lowest BCUT2D eigenvalue weighted by molar-refractivity contribution is 0.410. The number of hydrogen-bond acceptors (Lipinski definition) is 2. The van der Waals surface area contributed by atoms with Crippen molar-refractivity contribution in [2.75, 3.05) is 7.11 Å². The van der Waals surface area contributed by atoms with E-state index in [9.17, 15) is 4.39 Å². The monoisotopic (exact) mass is 181 g/mol. The van der Waals surface area contributed by atoms with Crippen LogP contribution in [0.15, 0.2) is 30.9 Å². The maximum absolute atomic E-state index is 12.9. The zero-order valence-corrected chi connectivity index (χ0v) is 7.46. The van der Waals surface area contributed by atoms with Gasteiger partial charge in [-0.2, -0.15) is 0 Å². The molecule has 13 heavy (non-hydrogen) atoms.